The van der Waals surface area contributed by atoms with Crippen LogP contribution >= 0.6 is 0 Å². The molecule has 0 aliphatic carbocycles. The number of carbonyl (C=O) groups excluding carboxylic acids is 2. The lowest BCUT2D eigenvalue weighted by Crippen LogP contribution is -2.30. The number of carbonyl (C=O) groups is 2. The third-order valence-electron chi connectivity index (χ3n) is 1.77. The highest BCUT2D eigenvalue weighted by Gasteiger charge is 2.15. The summed E-state index contributed by atoms with van der Waals surface area (Å²) in [5.74, 6) is -0.672. The summed E-state index contributed by atoms with van der Waals surface area (Å²) in [6, 6.07) is 8.39. The smallest absolute Gasteiger partial charge is 0.267 e. The van der Waals surface area contributed by atoms with E-state index in [9.17, 15) is 9.59 Å². The van der Waals surface area contributed by atoms with Crippen LogP contribution in [0.15, 0.2) is 30.3 Å². The van der Waals surface area contributed by atoms with Crippen LogP contribution in [0.4, 0.5) is 0 Å². The van der Waals surface area contributed by atoms with E-state index in [2.05, 4.69) is 0 Å². The second-order valence-corrected chi connectivity index (χ2v) is 3.06. The van der Waals surface area contributed by atoms with Gasteiger partial charge in [0.2, 0.25) is 0 Å². The van der Waals surface area contributed by atoms with Gasteiger partial charge in [0.25, 0.3) is 5.91 Å². The van der Waals surface area contributed by atoms with E-state index in [1.165, 1.54) is 6.92 Å². The van der Waals surface area contributed by atoms with E-state index in [1.807, 2.05) is 0 Å². The normalized spacial score (nSPS) is 9.07. The molecular weight excluding hydrogens is 192 g/mol. The van der Waals surface area contributed by atoms with Crippen molar-refractivity contribution in [3.8, 4) is 6.19 Å². The van der Waals surface area contributed by atoms with Gasteiger partial charge in [0.1, 0.15) is 5.78 Å². The Morgan fingerprint density at radius 3 is 2.40 bits per heavy atom. The average molecular weight is 202 g/mol. The summed E-state index contributed by atoms with van der Waals surface area (Å²) in [6.07, 6.45) is 1.69. The maximum absolute atomic E-state index is 11.7. The van der Waals surface area contributed by atoms with E-state index >= 15 is 0 Å². The molecule has 0 saturated carbocycles. The van der Waals surface area contributed by atoms with Gasteiger partial charge in [0, 0.05) is 5.56 Å². The lowest BCUT2D eigenvalue weighted by molar-refractivity contribution is -0.117. The second-order valence-electron chi connectivity index (χ2n) is 3.06. The van der Waals surface area contributed by atoms with Crippen molar-refractivity contribution in [3.63, 3.8) is 0 Å². The molecule has 0 atom stereocenters. The molecule has 0 aliphatic rings. The molecular formula is C11H10N2O2. The van der Waals surface area contributed by atoms with Crippen molar-refractivity contribution in [2.45, 2.75) is 6.92 Å². The standard InChI is InChI=1S/C11H10N2O2/c1-9(14)7-13(8-12)11(15)10-5-3-2-4-6-10/h2-6H,7H2,1H3. The van der Waals surface area contributed by atoms with Crippen molar-refractivity contribution in [1.82, 2.24) is 4.90 Å². The molecule has 0 aliphatic heterocycles. The lowest BCUT2D eigenvalue weighted by Gasteiger charge is -2.11. The van der Waals surface area contributed by atoms with Crippen molar-refractivity contribution in [1.29, 1.82) is 5.26 Å². The number of Topliss-reactive ketones (excluding diaryl/α,β-unsaturated/α-hetero) is 1. The fourth-order valence-electron chi connectivity index (χ4n) is 1.11. The Balaban J connectivity index is 2.84. The molecule has 4 heteroatoms. The SMILES string of the molecule is CC(=O)CN(C#N)C(=O)c1ccccc1. The number of amides is 1. The van der Waals surface area contributed by atoms with Gasteiger partial charge in [-0.15, -0.1) is 0 Å². The molecule has 0 heterocycles. The van der Waals surface area contributed by atoms with E-state index in [0.717, 1.165) is 4.90 Å². The van der Waals surface area contributed by atoms with Crippen molar-refractivity contribution >= 4 is 11.7 Å². The van der Waals surface area contributed by atoms with Gasteiger partial charge in [-0.05, 0) is 19.1 Å². The molecule has 15 heavy (non-hydrogen) atoms. The van der Waals surface area contributed by atoms with Gasteiger partial charge in [-0.25, -0.2) is 4.90 Å². The molecule has 0 aromatic heterocycles. The van der Waals surface area contributed by atoms with Crippen LogP contribution in [0, 0.1) is 11.5 Å². The highest BCUT2D eigenvalue weighted by atomic mass is 16.2. The molecule has 4 nitrogen and oxygen atoms in total. The Labute approximate surface area is 87.7 Å². The summed E-state index contributed by atoms with van der Waals surface area (Å²) in [6.45, 7) is 1.16. The van der Waals surface area contributed by atoms with Gasteiger partial charge in [0.05, 0.1) is 6.54 Å². The van der Waals surface area contributed by atoms with E-state index in [0.29, 0.717) is 5.56 Å². The average Bonchev–Trinajstić information content (AvgIpc) is 2.26. The van der Waals surface area contributed by atoms with Gasteiger partial charge in [-0.2, -0.15) is 5.26 Å². The summed E-state index contributed by atoms with van der Waals surface area (Å²) in [7, 11) is 0. The van der Waals surface area contributed by atoms with E-state index in [1.54, 1.807) is 36.5 Å². The molecule has 1 aromatic rings. The second kappa shape index (κ2) is 4.91. The Bertz CT molecular complexity index is 406. The Kier molecular flexibility index (Phi) is 3.58. The third-order valence-corrected chi connectivity index (χ3v) is 1.77. The molecule has 0 unspecified atom stereocenters. The van der Waals surface area contributed by atoms with Crippen molar-refractivity contribution in [2.24, 2.45) is 0 Å². The number of nitriles is 1. The predicted molar refractivity (Wildman–Crippen MR) is 53.8 cm³/mol. The summed E-state index contributed by atoms with van der Waals surface area (Å²) in [5.41, 5.74) is 0.403. The predicted octanol–water partition coefficient (Wildman–Crippen LogP) is 1.20. The summed E-state index contributed by atoms with van der Waals surface area (Å²) < 4.78 is 0. The molecule has 0 spiro atoms. The topological polar surface area (TPSA) is 61.2 Å². The zero-order chi connectivity index (χ0) is 11.3. The fraction of sp³-hybridized carbons (Fsp3) is 0.182. The van der Waals surface area contributed by atoms with Crippen molar-refractivity contribution in [3.05, 3.63) is 35.9 Å². The monoisotopic (exact) mass is 202 g/mol. The van der Waals surface area contributed by atoms with Gasteiger partial charge in [0.15, 0.2) is 6.19 Å². The Morgan fingerprint density at radius 1 is 1.33 bits per heavy atom. The largest absolute Gasteiger partial charge is 0.298 e. The Hall–Kier alpha value is -2.15. The number of hydrogen-bond donors (Lipinski definition) is 0. The molecule has 0 radical (unpaired) electrons. The van der Waals surface area contributed by atoms with Crippen LogP contribution in [0.3, 0.4) is 0 Å². The lowest BCUT2D eigenvalue weighted by atomic mass is 10.2. The molecule has 0 saturated heterocycles. The van der Waals surface area contributed by atoms with Crippen LogP contribution < -0.4 is 0 Å². The first-order chi connectivity index (χ1) is 7.15. The first kappa shape index (κ1) is 10.9. The van der Waals surface area contributed by atoms with Gasteiger partial charge in [-0.1, -0.05) is 18.2 Å². The molecule has 0 fully saturated rings. The first-order valence-corrected chi connectivity index (χ1v) is 4.41. The summed E-state index contributed by atoms with van der Waals surface area (Å²) in [5, 5.41) is 8.71. The summed E-state index contributed by atoms with van der Waals surface area (Å²) >= 11 is 0. The number of rotatable bonds is 3. The maximum atomic E-state index is 11.7. The number of ketones is 1. The number of nitrogens with zero attached hydrogens (tertiary/aromatic N) is 2. The van der Waals surface area contributed by atoms with Crippen molar-refractivity contribution < 1.29 is 9.59 Å². The van der Waals surface area contributed by atoms with Crippen LogP contribution in [0.5, 0.6) is 0 Å². The van der Waals surface area contributed by atoms with Crippen molar-refractivity contribution in [2.75, 3.05) is 6.54 Å². The highest BCUT2D eigenvalue weighted by Crippen LogP contribution is 2.03. The minimum absolute atomic E-state index is 0.176. The van der Waals surface area contributed by atoms with E-state index < -0.39 is 5.91 Å². The molecule has 0 bridgehead atoms. The third kappa shape index (κ3) is 2.92. The van der Waals surface area contributed by atoms with Crippen LogP contribution in [-0.4, -0.2) is 23.1 Å². The fourth-order valence-corrected chi connectivity index (χ4v) is 1.11. The zero-order valence-corrected chi connectivity index (χ0v) is 8.30. The van der Waals surface area contributed by atoms with Gasteiger partial charge in [-0.3, -0.25) is 9.59 Å². The number of benzene rings is 1. The molecule has 1 amide bonds. The van der Waals surface area contributed by atoms with Crippen LogP contribution in [0.2, 0.25) is 0 Å². The van der Waals surface area contributed by atoms with E-state index in [-0.39, 0.29) is 12.3 Å². The maximum Gasteiger partial charge on any atom is 0.267 e. The van der Waals surface area contributed by atoms with Gasteiger partial charge >= 0.3 is 0 Å². The minimum Gasteiger partial charge on any atom is -0.298 e. The Morgan fingerprint density at radius 2 is 1.93 bits per heavy atom. The van der Waals surface area contributed by atoms with E-state index in [4.69, 9.17) is 5.26 Å². The molecule has 0 N–H and O–H groups in total. The summed E-state index contributed by atoms with van der Waals surface area (Å²) in [4.78, 5) is 23.3. The highest BCUT2D eigenvalue weighted by molar-refractivity contribution is 5.97. The van der Waals surface area contributed by atoms with Crippen LogP contribution in [0.25, 0.3) is 0 Å². The minimum atomic E-state index is -0.451. The number of hydrogen-bond acceptors (Lipinski definition) is 3. The first-order valence-electron chi connectivity index (χ1n) is 4.41. The van der Waals surface area contributed by atoms with Gasteiger partial charge < -0.3 is 0 Å². The zero-order valence-electron chi connectivity index (χ0n) is 8.30. The quantitative estimate of drug-likeness (QED) is 0.546. The molecule has 1 aromatic carbocycles. The molecule has 76 valence electrons. The molecule has 1 rings (SSSR count). The van der Waals surface area contributed by atoms with Crippen LogP contribution in [-0.2, 0) is 4.79 Å². The van der Waals surface area contributed by atoms with Crippen LogP contribution in [0.1, 0.15) is 17.3 Å².